The van der Waals surface area contributed by atoms with E-state index in [0.29, 0.717) is 12.8 Å². The molecule has 0 bridgehead atoms. The van der Waals surface area contributed by atoms with Crippen LogP contribution < -0.4 is 5.73 Å². The van der Waals surface area contributed by atoms with Crippen LogP contribution in [0.5, 0.6) is 5.75 Å². The quantitative estimate of drug-likeness (QED) is 0.779. The maximum absolute atomic E-state index is 14.0. The highest BCUT2D eigenvalue weighted by Gasteiger charge is 2.36. The molecule has 0 amide bonds. The summed E-state index contributed by atoms with van der Waals surface area (Å²) in [6, 6.07) is 0.917. The Hall–Kier alpha value is -0.680. The molecule has 94 valence electrons. The highest BCUT2D eigenvalue weighted by molar-refractivity contribution is 9.10. The molecule has 0 saturated heterocycles. The highest BCUT2D eigenvalue weighted by atomic mass is 79.9. The zero-order valence-corrected chi connectivity index (χ0v) is 10.9. The van der Waals surface area contributed by atoms with Gasteiger partial charge in [0.1, 0.15) is 5.82 Å². The summed E-state index contributed by atoms with van der Waals surface area (Å²) in [7, 11) is 0. The van der Waals surface area contributed by atoms with Crippen molar-refractivity contribution in [1.82, 2.24) is 0 Å². The van der Waals surface area contributed by atoms with Gasteiger partial charge in [0.25, 0.3) is 0 Å². The van der Waals surface area contributed by atoms with Crippen LogP contribution in [0.2, 0.25) is 0 Å². The van der Waals surface area contributed by atoms with Crippen molar-refractivity contribution in [2.75, 3.05) is 0 Å². The van der Waals surface area contributed by atoms with Crippen molar-refractivity contribution in [2.24, 2.45) is 5.73 Å². The van der Waals surface area contributed by atoms with E-state index < -0.39 is 22.9 Å². The summed E-state index contributed by atoms with van der Waals surface area (Å²) in [5.74, 6) is -2.16. The van der Waals surface area contributed by atoms with Gasteiger partial charge in [0.05, 0.1) is 10.0 Å². The molecule has 1 aromatic carbocycles. The lowest BCUT2D eigenvalue weighted by Crippen LogP contribution is -2.39. The van der Waals surface area contributed by atoms with Crippen molar-refractivity contribution in [1.29, 1.82) is 0 Å². The number of benzene rings is 1. The fourth-order valence-electron chi connectivity index (χ4n) is 2.47. The standard InChI is InChI=1S/C12H14BrF2NO/c13-7-6-8(14)11(17)9(10(7)15)12(16)4-2-1-3-5-12/h6,17H,1-5,16H2. The SMILES string of the molecule is NC1(c2c(O)c(F)cc(Br)c2F)CCCCC1. The average molecular weight is 306 g/mol. The monoisotopic (exact) mass is 305 g/mol. The molecule has 1 aliphatic rings. The summed E-state index contributed by atoms with van der Waals surface area (Å²) < 4.78 is 27.5. The van der Waals surface area contributed by atoms with Crippen molar-refractivity contribution >= 4 is 15.9 Å². The fourth-order valence-corrected chi connectivity index (χ4v) is 2.87. The van der Waals surface area contributed by atoms with E-state index in [0.717, 1.165) is 25.3 Å². The van der Waals surface area contributed by atoms with Gasteiger partial charge in [-0.25, -0.2) is 8.78 Å². The largest absolute Gasteiger partial charge is 0.505 e. The molecule has 0 unspecified atom stereocenters. The first-order chi connectivity index (χ1) is 7.96. The Morgan fingerprint density at radius 1 is 1.24 bits per heavy atom. The number of phenolic OH excluding ortho intramolecular Hbond substituents is 1. The Labute approximate surface area is 107 Å². The van der Waals surface area contributed by atoms with Crippen molar-refractivity contribution in [3.8, 4) is 5.75 Å². The highest BCUT2D eigenvalue weighted by Crippen LogP contribution is 2.43. The van der Waals surface area contributed by atoms with Crippen LogP contribution >= 0.6 is 15.9 Å². The molecule has 0 radical (unpaired) electrons. The summed E-state index contributed by atoms with van der Waals surface area (Å²) in [4.78, 5) is 0. The third kappa shape index (κ3) is 2.18. The Balaban J connectivity index is 2.57. The van der Waals surface area contributed by atoms with E-state index in [1.54, 1.807) is 0 Å². The molecule has 2 rings (SSSR count). The Morgan fingerprint density at radius 2 is 1.82 bits per heavy atom. The van der Waals surface area contributed by atoms with Gasteiger partial charge in [0.15, 0.2) is 11.6 Å². The molecule has 0 spiro atoms. The molecule has 0 aromatic heterocycles. The molecule has 3 N–H and O–H groups in total. The van der Waals surface area contributed by atoms with E-state index >= 15 is 0 Å². The summed E-state index contributed by atoms with van der Waals surface area (Å²) in [6.07, 6.45) is 3.89. The van der Waals surface area contributed by atoms with Crippen LogP contribution in [0, 0.1) is 11.6 Å². The maximum atomic E-state index is 14.0. The normalized spacial score (nSPS) is 19.3. The van der Waals surface area contributed by atoms with Crippen LogP contribution in [0.25, 0.3) is 0 Å². The van der Waals surface area contributed by atoms with Gasteiger partial charge in [0, 0.05) is 5.54 Å². The van der Waals surface area contributed by atoms with E-state index in [-0.39, 0.29) is 10.0 Å². The second-order valence-electron chi connectivity index (χ2n) is 4.59. The first kappa shape index (κ1) is 12.8. The Bertz CT molecular complexity index is 418. The lowest BCUT2D eigenvalue weighted by Gasteiger charge is -2.34. The predicted molar refractivity (Wildman–Crippen MR) is 64.7 cm³/mol. The number of aromatic hydroxyl groups is 1. The molecular weight excluding hydrogens is 292 g/mol. The lowest BCUT2D eigenvalue weighted by molar-refractivity contribution is 0.277. The van der Waals surface area contributed by atoms with Crippen molar-refractivity contribution < 1.29 is 13.9 Å². The average Bonchev–Trinajstić information content (AvgIpc) is 2.27. The minimum Gasteiger partial charge on any atom is -0.505 e. The van der Waals surface area contributed by atoms with Crippen LogP contribution in [0.3, 0.4) is 0 Å². The molecule has 1 fully saturated rings. The minimum atomic E-state index is -0.961. The van der Waals surface area contributed by atoms with E-state index in [1.165, 1.54) is 0 Å². The third-order valence-corrected chi connectivity index (χ3v) is 3.97. The second-order valence-corrected chi connectivity index (χ2v) is 5.45. The molecule has 5 heteroatoms. The summed E-state index contributed by atoms with van der Waals surface area (Å²) in [5.41, 5.74) is 5.08. The van der Waals surface area contributed by atoms with Gasteiger partial charge in [-0.15, -0.1) is 0 Å². The van der Waals surface area contributed by atoms with Gasteiger partial charge >= 0.3 is 0 Å². The van der Waals surface area contributed by atoms with Gasteiger partial charge in [0.2, 0.25) is 0 Å². The van der Waals surface area contributed by atoms with E-state index in [2.05, 4.69) is 15.9 Å². The molecule has 0 aliphatic heterocycles. The first-order valence-electron chi connectivity index (χ1n) is 5.61. The molecule has 1 aliphatic carbocycles. The third-order valence-electron chi connectivity index (χ3n) is 3.39. The minimum absolute atomic E-state index is 0.00167. The zero-order chi connectivity index (χ0) is 12.6. The van der Waals surface area contributed by atoms with Gasteiger partial charge in [-0.1, -0.05) is 19.3 Å². The van der Waals surface area contributed by atoms with Crippen LogP contribution in [0.1, 0.15) is 37.7 Å². The van der Waals surface area contributed by atoms with Crippen molar-refractivity contribution in [2.45, 2.75) is 37.6 Å². The number of halogens is 3. The number of phenols is 1. The number of rotatable bonds is 1. The smallest absolute Gasteiger partial charge is 0.166 e. The first-order valence-corrected chi connectivity index (χ1v) is 6.41. The number of nitrogens with two attached hydrogens (primary N) is 1. The predicted octanol–water partition coefficient (Wildman–Crippen LogP) is 3.55. The van der Waals surface area contributed by atoms with Crippen LogP contribution in [-0.4, -0.2) is 5.11 Å². The number of hydrogen-bond donors (Lipinski definition) is 2. The molecular formula is C12H14BrF2NO. The Kier molecular flexibility index (Phi) is 3.41. The summed E-state index contributed by atoms with van der Waals surface area (Å²) >= 11 is 2.94. The van der Waals surface area contributed by atoms with Crippen molar-refractivity contribution in [3.63, 3.8) is 0 Å². The Morgan fingerprint density at radius 3 is 2.41 bits per heavy atom. The van der Waals surface area contributed by atoms with Gasteiger partial charge in [-0.2, -0.15) is 0 Å². The van der Waals surface area contributed by atoms with E-state index in [1.807, 2.05) is 0 Å². The van der Waals surface area contributed by atoms with Crippen LogP contribution in [0.4, 0.5) is 8.78 Å². The molecule has 2 nitrogen and oxygen atoms in total. The van der Waals surface area contributed by atoms with Gasteiger partial charge < -0.3 is 10.8 Å². The van der Waals surface area contributed by atoms with Gasteiger partial charge in [-0.3, -0.25) is 0 Å². The van der Waals surface area contributed by atoms with E-state index in [9.17, 15) is 13.9 Å². The zero-order valence-electron chi connectivity index (χ0n) is 9.27. The lowest BCUT2D eigenvalue weighted by atomic mass is 9.77. The van der Waals surface area contributed by atoms with Gasteiger partial charge in [-0.05, 0) is 34.8 Å². The summed E-state index contributed by atoms with van der Waals surface area (Å²) in [6.45, 7) is 0. The molecule has 0 heterocycles. The van der Waals surface area contributed by atoms with Crippen LogP contribution in [-0.2, 0) is 5.54 Å². The molecule has 0 atom stereocenters. The topological polar surface area (TPSA) is 46.2 Å². The second kappa shape index (κ2) is 4.53. The van der Waals surface area contributed by atoms with Crippen LogP contribution in [0.15, 0.2) is 10.5 Å². The molecule has 1 saturated carbocycles. The molecule has 1 aromatic rings. The van der Waals surface area contributed by atoms with Crippen molar-refractivity contribution in [3.05, 3.63) is 27.7 Å². The summed E-state index contributed by atoms with van der Waals surface area (Å²) in [5, 5.41) is 9.70. The molecule has 17 heavy (non-hydrogen) atoms. The fraction of sp³-hybridized carbons (Fsp3) is 0.500. The van der Waals surface area contributed by atoms with E-state index in [4.69, 9.17) is 5.73 Å². The maximum Gasteiger partial charge on any atom is 0.166 e. The number of hydrogen-bond acceptors (Lipinski definition) is 2.